The molecule has 0 saturated carbocycles. The number of benzene rings is 1. The van der Waals surface area contributed by atoms with Crippen LogP contribution < -0.4 is 10.6 Å². The number of carbonyl (C=O) groups excluding carboxylic acids is 1. The molecule has 3 aromatic rings. The molecule has 0 spiro atoms. The Hall–Kier alpha value is -2.51. The summed E-state index contributed by atoms with van der Waals surface area (Å²) in [7, 11) is 0. The van der Waals surface area contributed by atoms with Gasteiger partial charge in [0.1, 0.15) is 17.8 Å². The average Bonchev–Trinajstić information content (AvgIpc) is 3.17. The SMILES string of the molecule is CC1CCC(Nc2ncnc3[nH]ccc23)CN1C(=O)CNc1cc(Cl)cc(Cl)c1. The summed E-state index contributed by atoms with van der Waals surface area (Å²) < 4.78 is 0. The van der Waals surface area contributed by atoms with Crippen molar-refractivity contribution >= 4 is 51.6 Å². The van der Waals surface area contributed by atoms with Gasteiger partial charge < -0.3 is 20.5 Å². The fourth-order valence-corrected chi connectivity index (χ4v) is 4.21. The third-order valence-corrected chi connectivity index (χ3v) is 5.64. The predicted molar refractivity (Wildman–Crippen MR) is 117 cm³/mol. The quantitative estimate of drug-likeness (QED) is 0.563. The van der Waals surface area contributed by atoms with Crippen molar-refractivity contribution in [1.29, 1.82) is 0 Å². The van der Waals surface area contributed by atoms with Gasteiger partial charge in [-0.05, 0) is 44.0 Å². The Kier molecular flexibility index (Phi) is 5.78. The van der Waals surface area contributed by atoms with Gasteiger partial charge in [-0.15, -0.1) is 0 Å². The number of nitrogens with zero attached hydrogens (tertiary/aromatic N) is 3. The van der Waals surface area contributed by atoms with Gasteiger partial charge in [0, 0.05) is 40.6 Å². The maximum absolute atomic E-state index is 12.9. The molecule has 2 atom stereocenters. The Morgan fingerprint density at radius 3 is 2.83 bits per heavy atom. The molecular formula is C20H22Cl2N6O. The van der Waals surface area contributed by atoms with Crippen LogP contribution in [0.25, 0.3) is 11.0 Å². The molecule has 152 valence electrons. The summed E-state index contributed by atoms with van der Waals surface area (Å²) in [6, 6.07) is 7.43. The van der Waals surface area contributed by atoms with E-state index >= 15 is 0 Å². The number of rotatable bonds is 5. The summed E-state index contributed by atoms with van der Waals surface area (Å²) in [6.07, 6.45) is 5.28. The molecule has 1 amide bonds. The number of aromatic amines is 1. The fourth-order valence-electron chi connectivity index (χ4n) is 3.69. The number of hydrogen-bond donors (Lipinski definition) is 3. The Bertz CT molecular complexity index is 1000. The van der Waals surface area contributed by atoms with E-state index in [9.17, 15) is 4.79 Å². The van der Waals surface area contributed by atoms with E-state index in [1.54, 1.807) is 18.2 Å². The van der Waals surface area contributed by atoms with Crippen LogP contribution in [0.15, 0.2) is 36.8 Å². The fraction of sp³-hybridized carbons (Fsp3) is 0.350. The van der Waals surface area contributed by atoms with E-state index in [4.69, 9.17) is 23.2 Å². The van der Waals surface area contributed by atoms with Gasteiger partial charge in [0.15, 0.2) is 0 Å². The van der Waals surface area contributed by atoms with E-state index in [2.05, 4.69) is 32.5 Å². The molecule has 0 bridgehead atoms. The van der Waals surface area contributed by atoms with Crippen molar-refractivity contribution in [3.63, 3.8) is 0 Å². The van der Waals surface area contributed by atoms with Crippen molar-refractivity contribution in [3.8, 4) is 0 Å². The lowest BCUT2D eigenvalue weighted by Crippen LogP contribution is -2.51. The highest BCUT2D eigenvalue weighted by atomic mass is 35.5. The third kappa shape index (κ3) is 4.57. The lowest BCUT2D eigenvalue weighted by Gasteiger charge is -2.38. The summed E-state index contributed by atoms with van der Waals surface area (Å²) in [6.45, 7) is 2.89. The summed E-state index contributed by atoms with van der Waals surface area (Å²) in [5.41, 5.74) is 1.52. The first kappa shape index (κ1) is 19.8. The van der Waals surface area contributed by atoms with Crippen LogP contribution in [-0.4, -0.2) is 50.9 Å². The van der Waals surface area contributed by atoms with Crippen molar-refractivity contribution in [2.75, 3.05) is 23.7 Å². The number of anilines is 2. The van der Waals surface area contributed by atoms with Gasteiger partial charge >= 0.3 is 0 Å². The summed E-state index contributed by atoms with van der Waals surface area (Å²) in [4.78, 5) is 26.5. The molecule has 9 heteroatoms. The number of likely N-dealkylation sites (tertiary alicyclic amines) is 1. The number of carbonyl (C=O) groups is 1. The highest BCUT2D eigenvalue weighted by Crippen LogP contribution is 2.25. The number of H-pyrrole nitrogens is 1. The lowest BCUT2D eigenvalue weighted by atomic mass is 9.99. The first-order valence-corrected chi connectivity index (χ1v) is 10.3. The van der Waals surface area contributed by atoms with Crippen LogP contribution in [0.5, 0.6) is 0 Å². The monoisotopic (exact) mass is 432 g/mol. The number of aromatic nitrogens is 3. The van der Waals surface area contributed by atoms with E-state index in [0.29, 0.717) is 16.6 Å². The molecule has 3 N–H and O–H groups in total. The Morgan fingerprint density at radius 2 is 2.03 bits per heavy atom. The Labute approximate surface area is 178 Å². The maximum atomic E-state index is 12.9. The largest absolute Gasteiger partial charge is 0.376 e. The van der Waals surface area contributed by atoms with Crippen molar-refractivity contribution in [3.05, 3.63) is 46.8 Å². The normalized spacial score (nSPS) is 19.3. The molecule has 1 aliphatic rings. The topological polar surface area (TPSA) is 85.9 Å². The second-order valence-corrected chi connectivity index (χ2v) is 8.16. The third-order valence-electron chi connectivity index (χ3n) is 5.20. The van der Waals surface area contributed by atoms with Gasteiger partial charge in [0.25, 0.3) is 0 Å². The van der Waals surface area contributed by atoms with Crippen molar-refractivity contribution in [2.24, 2.45) is 0 Å². The van der Waals surface area contributed by atoms with Gasteiger partial charge in [-0.25, -0.2) is 9.97 Å². The van der Waals surface area contributed by atoms with Crippen LogP contribution in [0.4, 0.5) is 11.5 Å². The molecular weight excluding hydrogens is 411 g/mol. The van der Waals surface area contributed by atoms with Crippen molar-refractivity contribution < 1.29 is 4.79 Å². The summed E-state index contributed by atoms with van der Waals surface area (Å²) >= 11 is 12.1. The summed E-state index contributed by atoms with van der Waals surface area (Å²) in [5.74, 6) is 0.824. The van der Waals surface area contributed by atoms with Crippen molar-refractivity contribution in [2.45, 2.75) is 31.8 Å². The molecule has 2 unspecified atom stereocenters. The van der Waals surface area contributed by atoms with Crippen LogP contribution in [-0.2, 0) is 4.79 Å². The highest BCUT2D eigenvalue weighted by Gasteiger charge is 2.29. The molecule has 2 aromatic heterocycles. The van der Waals surface area contributed by atoms with Gasteiger partial charge in [-0.3, -0.25) is 4.79 Å². The zero-order chi connectivity index (χ0) is 20.4. The van der Waals surface area contributed by atoms with E-state index in [0.717, 1.165) is 35.4 Å². The van der Waals surface area contributed by atoms with Gasteiger partial charge in [-0.1, -0.05) is 23.2 Å². The van der Waals surface area contributed by atoms with E-state index in [1.165, 1.54) is 6.33 Å². The molecule has 0 aliphatic carbocycles. The molecule has 3 heterocycles. The zero-order valence-electron chi connectivity index (χ0n) is 16.0. The van der Waals surface area contributed by atoms with Crippen LogP contribution >= 0.6 is 23.2 Å². The Balaban J connectivity index is 1.40. The second-order valence-electron chi connectivity index (χ2n) is 7.29. The minimum atomic E-state index is 0.0366. The van der Waals surface area contributed by atoms with Crippen molar-refractivity contribution in [1.82, 2.24) is 19.9 Å². The minimum absolute atomic E-state index is 0.0366. The molecule has 1 aliphatic heterocycles. The molecule has 29 heavy (non-hydrogen) atoms. The molecule has 1 fully saturated rings. The number of halogens is 2. The number of piperidine rings is 1. The zero-order valence-corrected chi connectivity index (χ0v) is 17.5. The van der Waals surface area contributed by atoms with Crippen LogP contribution in [0, 0.1) is 0 Å². The molecule has 1 aromatic carbocycles. The first-order chi connectivity index (χ1) is 14.0. The van der Waals surface area contributed by atoms with E-state index in [-0.39, 0.29) is 24.5 Å². The molecule has 1 saturated heterocycles. The first-order valence-electron chi connectivity index (χ1n) is 9.53. The Morgan fingerprint density at radius 1 is 1.24 bits per heavy atom. The standard InChI is InChI=1S/C20H22Cl2N6O/c1-12-2-3-15(27-20-17-4-5-23-19(17)25-11-26-20)10-28(12)18(29)9-24-16-7-13(21)6-14(22)8-16/h4-8,11-12,15,24H,2-3,9-10H2,1H3,(H2,23,25,26,27). The predicted octanol–water partition coefficient (Wildman–Crippen LogP) is 4.17. The van der Waals surface area contributed by atoms with Crippen LogP contribution in [0.2, 0.25) is 10.0 Å². The maximum Gasteiger partial charge on any atom is 0.242 e. The number of hydrogen-bond acceptors (Lipinski definition) is 5. The molecule has 4 rings (SSSR count). The summed E-state index contributed by atoms with van der Waals surface area (Å²) in [5, 5.41) is 8.62. The van der Waals surface area contributed by atoms with E-state index < -0.39 is 0 Å². The number of fused-ring (bicyclic) bond motifs is 1. The van der Waals surface area contributed by atoms with Crippen LogP contribution in [0.3, 0.4) is 0 Å². The van der Waals surface area contributed by atoms with Crippen LogP contribution in [0.1, 0.15) is 19.8 Å². The molecule has 7 nitrogen and oxygen atoms in total. The number of nitrogens with one attached hydrogen (secondary N) is 3. The highest BCUT2D eigenvalue weighted by molar-refractivity contribution is 6.35. The van der Waals surface area contributed by atoms with Gasteiger partial charge in [0.2, 0.25) is 5.91 Å². The lowest BCUT2D eigenvalue weighted by molar-refractivity contribution is -0.132. The van der Waals surface area contributed by atoms with Gasteiger partial charge in [-0.2, -0.15) is 0 Å². The van der Waals surface area contributed by atoms with E-state index in [1.807, 2.05) is 17.2 Å². The van der Waals surface area contributed by atoms with Gasteiger partial charge in [0.05, 0.1) is 11.9 Å². The minimum Gasteiger partial charge on any atom is -0.376 e. The smallest absolute Gasteiger partial charge is 0.242 e. The second kappa shape index (κ2) is 8.47. The average molecular weight is 433 g/mol. The molecule has 0 radical (unpaired) electrons. The number of amides is 1.